The van der Waals surface area contributed by atoms with Gasteiger partial charge in [0.1, 0.15) is 17.9 Å². The topological polar surface area (TPSA) is 138 Å². The van der Waals surface area contributed by atoms with Gasteiger partial charge in [-0.2, -0.15) is 9.78 Å². The van der Waals surface area contributed by atoms with E-state index >= 15 is 0 Å². The summed E-state index contributed by atoms with van der Waals surface area (Å²) in [6, 6.07) is 5.16. The van der Waals surface area contributed by atoms with Crippen molar-refractivity contribution in [1.29, 1.82) is 0 Å². The molecule has 0 aliphatic heterocycles. The highest BCUT2D eigenvalue weighted by Crippen LogP contribution is 2.15. The maximum atomic E-state index is 12.7. The number of aryl methyl sites for hydroxylation is 5. The van der Waals surface area contributed by atoms with E-state index in [4.69, 9.17) is 5.73 Å². The van der Waals surface area contributed by atoms with E-state index < -0.39 is 17.4 Å². The van der Waals surface area contributed by atoms with Crippen LogP contribution in [0.3, 0.4) is 0 Å². The van der Waals surface area contributed by atoms with Gasteiger partial charge in [-0.15, -0.1) is 0 Å². The maximum absolute atomic E-state index is 12.7. The van der Waals surface area contributed by atoms with Crippen LogP contribution in [0.25, 0.3) is 5.95 Å². The smallest absolute Gasteiger partial charge is 0.264 e. The molecule has 30 heavy (non-hydrogen) atoms. The Morgan fingerprint density at radius 3 is 2.23 bits per heavy atom. The first-order chi connectivity index (χ1) is 14.1. The van der Waals surface area contributed by atoms with Crippen molar-refractivity contribution >= 4 is 17.6 Å². The van der Waals surface area contributed by atoms with Gasteiger partial charge in [-0.25, -0.2) is 9.97 Å². The zero-order valence-electron chi connectivity index (χ0n) is 17.5. The summed E-state index contributed by atoms with van der Waals surface area (Å²) in [5.41, 5.74) is 7.81. The van der Waals surface area contributed by atoms with Crippen LogP contribution in [-0.4, -0.2) is 36.1 Å². The number of primary amides is 1. The quantitative estimate of drug-likeness (QED) is 0.647. The SMILES string of the molecule is Cc1cc(C)nc(-n2nc(C)cc2NC(=O)Cn2c(C)cc(C)c(C(N)=O)c2=O)n1. The Morgan fingerprint density at radius 2 is 1.63 bits per heavy atom. The Labute approximate surface area is 172 Å². The lowest BCUT2D eigenvalue weighted by atomic mass is 10.1. The Morgan fingerprint density at radius 1 is 1.00 bits per heavy atom. The predicted molar refractivity (Wildman–Crippen MR) is 111 cm³/mol. The first-order valence-corrected chi connectivity index (χ1v) is 9.27. The van der Waals surface area contributed by atoms with Gasteiger partial charge in [-0.05, 0) is 52.3 Å². The number of nitrogens with zero attached hydrogens (tertiary/aromatic N) is 5. The minimum Gasteiger partial charge on any atom is -0.365 e. The summed E-state index contributed by atoms with van der Waals surface area (Å²) in [6.45, 7) is 8.49. The number of pyridine rings is 1. The second kappa shape index (κ2) is 7.90. The maximum Gasteiger partial charge on any atom is 0.264 e. The molecule has 3 rings (SSSR count). The number of aromatic nitrogens is 5. The fourth-order valence-electron chi connectivity index (χ4n) is 3.29. The highest BCUT2D eigenvalue weighted by Gasteiger charge is 2.18. The molecule has 3 aromatic rings. The number of carbonyl (C=O) groups excluding carboxylic acids is 2. The average molecular weight is 409 g/mol. The van der Waals surface area contributed by atoms with E-state index in [0.29, 0.717) is 28.7 Å². The van der Waals surface area contributed by atoms with Gasteiger partial charge in [0.2, 0.25) is 5.91 Å². The van der Waals surface area contributed by atoms with Crippen LogP contribution in [0, 0.1) is 34.6 Å². The summed E-state index contributed by atoms with van der Waals surface area (Å²) in [5, 5.41) is 7.10. The molecule has 0 fully saturated rings. The molecule has 3 aromatic heterocycles. The standard InChI is InChI=1S/C20H23N7O3/c1-10-6-14(5)26(19(30)17(10)18(21)29)9-16(28)24-15-8-13(4)25-27(15)20-22-11(2)7-12(3)23-20/h6-8H,9H2,1-5H3,(H2,21,29)(H,24,28). The second-order valence-electron chi connectivity index (χ2n) is 7.18. The Balaban J connectivity index is 1.93. The normalized spacial score (nSPS) is 10.8. The molecule has 3 N–H and O–H groups in total. The van der Waals surface area contributed by atoms with Gasteiger partial charge in [0.05, 0.1) is 5.69 Å². The minimum atomic E-state index is -0.827. The molecule has 0 saturated carbocycles. The molecule has 0 radical (unpaired) electrons. The minimum absolute atomic E-state index is 0.127. The largest absolute Gasteiger partial charge is 0.365 e. The number of carbonyl (C=O) groups is 2. The molecule has 0 aromatic carbocycles. The lowest BCUT2D eigenvalue weighted by Crippen LogP contribution is -2.35. The second-order valence-corrected chi connectivity index (χ2v) is 7.18. The Hall–Kier alpha value is -3.82. The summed E-state index contributed by atoms with van der Waals surface area (Å²) in [4.78, 5) is 45.7. The third kappa shape index (κ3) is 4.12. The fourth-order valence-corrected chi connectivity index (χ4v) is 3.29. The Bertz CT molecular complexity index is 1200. The first-order valence-electron chi connectivity index (χ1n) is 9.27. The molecular formula is C20H23N7O3. The zero-order valence-corrected chi connectivity index (χ0v) is 17.5. The van der Waals surface area contributed by atoms with Gasteiger partial charge in [-0.3, -0.25) is 14.4 Å². The molecule has 0 saturated heterocycles. The number of amides is 2. The molecule has 0 atom stereocenters. The fraction of sp³-hybridized carbons (Fsp3) is 0.300. The van der Waals surface area contributed by atoms with Crippen LogP contribution in [-0.2, 0) is 11.3 Å². The van der Waals surface area contributed by atoms with Crippen molar-refractivity contribution in [3.63, 3.8) is 0 Å². The number of hydrogen-bond donors (Lipinski definition) is 2. The molecule has 0 aliphatic rings. The molecule has 0 spiro atoms. The third-order valence-corrected chi connectivity index (χ3v) is 4.51. The van der Waals surface area contributed by atoms with Crippen molar-refractivity contribution in [1.82, 2.24) is 24.3 Å². The van der Waals surface area contributed by atoms with Crippen LogP contribution >= 0.6 is 0 Å². The number of hydrogen-bond acceptors (Lipinski definition) is 6. The molecule has 10 nitrogen and oxygen atoms in total. The van der Waals surface area contributed by atoms with Crippen LogP contribution in [0.1, 0.15) is 38.7 Å². The molecule has 0 aliphatic carbocycles. The predicted octanol–water partition coefficient (Wildman–Crippen LogP) is 1.10. The zero-order chi connectivity index (χ0) is 22.2. The molecule has 10 heteroatoms. The third-order valence-electron chi connectivity index (χ3n) is 4.51. The van der Waals surface area contributed by atoms with Crippen LogP contribution < -0.4 is 16.6 Å². The van der Waals surface area contributed by atoms with Gasteiger partial charge in [0.15, 0.2) is 0 Å². The van der Waals surface area contributed by atoms with E-state index in [2.05, 4.69) is 20.4 Å². The van der Waals surface area contributed by atoms with Gasteiger partial charge < -0.3 is 15.6 Å². The van der Waals surface area contributed by atoms with E-state index in [0.717, 1.165) is 11.4 Å². The monoisotopic (exact) mass is 409 g/mol. The van der Waals surface area contributed by atoms with E-state index in [1.165, 1.54) is 9.25 Å². The number of rotatable bonds is 5. The summed E-state index contributed by atoms with van der Waals surface area (Å²) < 4.78 is 2.65. The summed E-state index contributed by atoms with van der Waals surface area (Å²) >= 11 is 0. The van der Waals surface area contributed by atoms with Crippen molar-refractivity contribution in [2.24, 2.45) is 5.73 Å². The van der Waals surface area contributed by atoms with Crippen molar-refractivity contribution in [3.8, 4) is 5.95 Å². The molecule has 2 amide bonds. The molecule has 0 unspecified atom stereocenters. The lowest BCUT2D eigenvalue weighted by Gasteiger charge is -2.13. The average Bonchev–Trinajstić information content (AvgIpc) is 2.97. The molecule has 0 bridgehead atoms. The summed E-state index contributed by atoms with van der Waals surface area (Å²) in [6.07, 6.45) is 0. The molecule has 156 valence electrons. The van der Waals surface area contributed by atoms with Crippen LogP contribution in [0.15, 0.2) is 23.0 Å². The highest BCUT2D eigenvalue weighted by molar-refractivity contribution is 5.94. The number of nitrogens with two attached hydrogens (primary N) is 1. The van der Waals surface area contributed by atoms with E-state index in [1.54, 1.807) is 32.9 Å². The van der Waals surface area contributed by atoms with E-state index in [1.807, 2.05) is 19.9 Å². The van der Waals surface area contributed by atoms with Crippen molar-refractivity contribution < 1.29 is 9.59 Å². The van der Waals surface area contributed by atoms with E-state index in [9.17, 15) is 14.4 Å². The van der Waals surface area contributed by atoms with Crippen LogP contribution in [0.5, 0.6) is 0 Å². The van der Waals surface area contributed by atoms with Crippen LogP contribution in [0.2, 0.25) is 0 Å². The van der Waals surface area contributed by atoms with Gasteiger partial charge in [0, 0.05) is 23.1 Å². The molecular weight excluding hydrogens is 386 g/mol. The van der Waals surface area contributed by atoms with Crippen LogP contribution in [0.4, 0.5) is 5.82 Å². The number of anilines is 1. The Kier molecular flexibility index (Phi) is 5.50. The molecule has 3 heterocycles. The van der Waals surface area contributed by atoms with Crippen molar-refractivity contribution in [3.05, 3.63) is 62.5 Å². The van der Waals surface area contributed by atoms with Gasteiger partial charge in [-0.1, -0.05) is 0 Å². The lowest BCUT2D eigenvalue weighted by molar-refractivity contribution is -0.116. The summed E-state index contributed by atoms with van der Waals surface area (Å²) in [5.74, 6) is -0.594. The summed E-state index contributed by atoms with van der Waals surface area (Å²) in [7, 11) is 0. The number of nitrogens with one attached hydrogen (secondary N) is 1. The van der Waals surface area contributed by atoms with Crippen molar-refractivity contribution in [2.75, 3.05) is 5.32 Å². The van der Waals surface area contributed by atoms with Gasteiger partial charge >= 0.3 is 0 Å². The highest BCUT2D eigenvalue weighted by atomic mass is 16.2. The first kappa shape index (κ1) is 20.9. The van der Waals surface area contributed by atoms with E-state index in [-0.39, 0.29) is 12.1 Å². The van der Waals surface area contributed by atoms with Crippen molar-refractivity contribution in [2.45, 2.75) is 41.2 Å². The van der Waals surface area contributed by atoms with Gasteiger partial charge in [0.25, 0.3) is 17.4 Å².